The third-order valence-corrected chi connectivity index (χ3v) is 3.02. The molecule has 4 heteroatoms. The lowest BCUT2D eigenvalue weighted by Gasteiger charge is -2.08. The second-order valence-corrected chi connectivity index (χ2v) is 4.06. The van der Waals surface area contributed by atoms with Crippen molar-refractivity contribution in [2.45, 2.75) is 13.8 Å². The van der Waals surface area contributed by atoms with Gasteiger partial charge < -0.3 is 9.47 Å². The summed E-state index contributed by atoms with van der Waals surface area (Å²) in [4.78, 5) is 0. The summed E-state index contributed by atoms with van der Waals surface area (Å²) in [7, 11) is 3.27. The average Bonchev–Trinajstić information content (AvgIpc) is 2.70. The molecule has 0 N–H and O–H groups in total. The minimum atomic E-state index is 0.181. The van der Waals surface area contributed by atoms with Gasteiger partial charge in [-0.25, -0.2) is 0 Å². The van der Waals surface area contributed by atoms with Crippen molar-refractivity contribution in [3.8, 4) is 0 Å². The van der Waals surface area contributed by atoms with E-state index in [-0.39, 0.29) is 5.41 Å². The molecule has 0 aromatic carbocycles. The van der Waals surface area contributed by atoms with E-state index < -0.39 is 0 Å². The fourth-order valence-corrected chi connectivity index (χ4v) is 2.12. The van der Waals surface area contributed by atoms with E-state index in [4.69, 9.17) is 9.47 Å². The van der Waals surface area contributed by atoms with Gasteiger partial charge in [0.05, 0.1) is 26.1 Å². The number of ether oxygens (including phenoxy) is 2. The summed E-state index contributed by atoms with van der Waals surface area (Å²) >= 11 is 0. The van der Waals surface area contributed by atoms with Gasteiger partial charge in [0, 0.05) is 0 Å². The Bertz CT molecular complexity index is 266. The predicted molar refractivity (Wildman–Crippen MR) is 49.6 cm³/mol. The minimum Gasteiger partial charge on any atom is -0.483 e. The van der Waals surface area contributed by atoms with Crippen LogP contribution in [0.3, 0.4) is 0 Å². The van der Waals surface area contributed by atoms with Crippen molar-refractivity contribution in [1.29, 1.82) is 0 Å². The van der Waals surface area contributed by atoms with Crippen LogP contribution in [-0.2, 0) is 9.47 Å². The molecule has 0 bridgehead atoms. The smallest absolute Gasteiger partial charge is 0.212 e. The molecular weight excluding hydrogens is 168 g/mol. The molecule has 0 aromatic heterocycles. The standard InChI is InChI=1S/C9H14N2O2/c1-9(2)5-6(9)8(13-4)11-10-7(5)12-3/h5-6H,1-4H3. The van der Waals surface area contributed by atoms with E-state index in [1.807, 2.05) is 0 Å². The molecule has 4 nitrogen and oxygen atoms in total. The van der Waals surface area contributed by atoms with Crippen LogP contribution in [0, 0.1) is 17.3 Å². The molecule has 2 atom stereocenters. The van der Waals surface area contributed by atoms with Gasteiger partial charge in [0.1, 0.15) is 0 Å². The van der Waals surface area contributed by atoms with Crippen LogP contribution in [-0.4, -0.2) is 26.0 Å². The summed E-state index contributed by atoms with van der Waals surface area (Å²) in [5, 5.41) is 7.95. The largest absolute Gasteiger partial charge is 0.483 e. The highest BCUT2D eigenvalue weighted by atomic mass is 16.5. The zero-order chi connectivity index (χ0) is 9.64. The van der Waals surface area contributed by atoms with Gasteiger partial charge in [-0.05, 0) is 5.41 Å². The summed E-state index contributed by atoms with van der Waals surface area (Å²) < 4.78 is 10.3. The first-order chi connectivity index (χ1) is 6.12. The number of rotatable bonds is 0. The van der Waals surface area contributed by atoms with Crippen molar-refractivity contribution in [3.63, 3.8) is 0 Å². The van der Waals surface area contributed by atoms with Gasteiger partial charge in [0.25, 0.3) is 0 Å². The molecule has 2 unspecified atom stereocenters. The number of hydrogen-bond acceptors (Lipinski definition) is 4. The molecular formula is C9H14N2O2. The van der Waals surface area contributed by atoms with Crippen molar-refractivity contribution >= 4 is 11.8 Å². The average molecular weight is 182 g/mol. The first-order valence-corrected chi connectivity index (χ1v) is 4.36. The quantitative estimate of drug-likeness (QED) is 0.566. The number of nitrogens with zero attached hydrogens (tertiary/aromatic N) is 2. The molecule has 0 spiro atoms. The Balaban J connectivity index is 2.31. The van der Waals surface area contributed by atoms with Crippen LogP contribution in [0.5, 0.6) is 0 Å². The molecule has 1 saturated carbocycles. The summed E-state index contributed by atoms with van der Waals surface area (Å²) in [5.41, 5.74) is 0.181. The van der Waals surface area contributed by atoms with Crippen LogP contribution >= 0.6 is 0 Å². The molecule has 1 heterocycles. The lowest BCUT2D eigenvalue weighted by molar-refractivity contribution is 0.360. The topological polar surface area (TPSA) is 43.2 Å². The molecule has 0 amide bonds. The van der Waals surface area contributed by atoms with E-state index in [9.17, 15) is 0 Å². The van der Waals surface area contributed by atoms with Crippen LogP contribution in [0.1, 0.15) is 13.8 Å². The molecule has 0 radical (unpaired) electrons. The molecule has 0 aromatic rings. The van der Waals surface area contributed by atoms with Crippen molar-refractivity contribution < 1.29 is 9.47 Å². The van der Waals surface area contributed by atoms with E-state index in [0.717, 1.165) is 11.8 Å². The highest BCUT2D eigenvalue weighted by molar-refractivity contribution is 5.97. The van der Waals surface area contributed by atoms with Gasteiger partial charge in [-0.2, -0.15) is 0 Å². The zero-order valence-electron chi connectivity index (χ0n) is 8.37. The van der Waals surface area contributed by atoms with Gasteiger partial charge in [0.15, 0.2) is 0 Å². The van der Waals surface area contributed by atoms with Crippen LogP contribution < -0.4 is 0 Å². The van der Waals surface area contributed by atoms with Crippen molar-refractivity contribution in [2.75, 3.05) is 14.2 Å². The van der Waals surface area contributed by atoms with Crippen molar-refractivity contribution in [3.05, 3.63) is 0 Å². The second kappa shape index (κ2) is 2.47. The third kappa shape index (κ3) is 0.975. The fourth-order valence-electron chi connectivity index (χ4n) is 2.12. The van der Waals surface area contributed by atoms with Crippen LogP contribution in [0.25, 0.3) is 0 Å². The van der Waals surface area contributed by atoms with Gasteiger partial charge in [-0.1, -0.05) is 13.8 Å². The van der Waals surface area contributed by atoms with E-state index >= 15 is 0 Å². The number of methoxy groups -OCH3 is 2. The first-order valence-electron chi connectivity index (χ1n) is 4.36. The SMILES string of the molecule is COC1=NN=C(OC)C2C1C2(C)C. The number of fused-ring (bicyclic) bond motifs is 1. The Kier molecular flexibility index (Phi) is 1.62. The predicted octanol–water partition coefficient (Wildman–Crippen LogP) is 1.28. The summed E-state index contributed by atoms with van der Waals surface area (Å²) in [6.07, 6.45) is 0. The Morgan fingerprint density at radius 1 is 1.00 bits per heavy atom. The molecule has 2 aliphatic rings. The lowest BCUT2D eigenvalue weighted by Crippen LogP contribution is -2.15. The van der Waals surface area contributed by atoms with Gasteiger partial charge in [-0.15, -0.1) is 10.2 Å². The molecule has 72 valence electrons. The molecule has 1 fully saturated rings. The maximum Gasteiger partial charge on any atom is 0.212 e. The van der Waals surface area contributed by atoms with E-state index in [1.165, 1.54) is 0 Å². The molecule has 13 heavy (non-hydrogen) atoms. The maximum absolute atomic E-state index is 5.16. The monoisotopic (exact) mass is 182 g/mol. The fraction of sp³-hybridized carbons (Fsp3) is 0.778. The summed E-state index contributed by atoms with van der Waals surface area (Å²) in [5.74, 6) is 2.17. The Morgan fingerprint density at radius 3 is 1.69 bits per heavy atom. The molecule has 0 saturated heterocycles. The molecule has 2 rings (SSSR count). The van der Waals surface area contributed by atoms with Crippen molar-refractivity contribution in [2.24, 2.45) is 27.5 Å². The van der Waals surface area contributed by atoms with Gasteiger partial charge in [-0.3, -0.25) is 0 Å². The van der Waals surface area contributed by atoms with Gasteiger partial charge >= 0.3 is 0 Å². The Morgan fingerprint density at radius 2 is 1.38 bits per heavy atom. The lowest BCUT2D eigenvalue weighted by atomic mass is 10.1. The zero-order valence-corrected chi connectivity index (χ0v) is 8.37. The summed E-state index contributed by atoms with van der Waals surface area (Å²) in [6.45, 7) is 4.35. The van der Waals surface area contributed by atoms with E-state index in [0.29, 0.717) is 11.8 Å². The normalized spacial score (nSPS) is 34.2. The van der Waals surface area contributed by atoms with E-state index in [2.05, 4.69) is 24.1 Å². The van der Waals surface area contributed by atoms with Crippen molar-refractivity contribution in [1.82, 2.24) is 0 Å². The Hall–Kier alpha value is -1.06. The third-order valence-electron chi connectivity index (χ3n) is 3.02. The van der Waals surface area contributed by atoms with Gasteiger partial charge in [0.2, 0.25) is 11.8 Å². The molecule has 1 aliphatic carbocycles. The van der Waals surface area contributed by atoms with E-state index in [1.54, 1.807) is 14.2 Å². The highest BCUT2D eigenvalue weighted by Gasteiger charge is 2.66. The highest BCUT2D eigenvalue weighted by Crippen LogP contribution is 2.60. The first kappa shape index (κ1) is 8.53. The van der Waals surface area contributed by atoms with Crippen LogP contribution in [0.15, 0.2) is 10.2 Å². The second-order valence-electron chi connectivity index (χ2n) is 4.06. The molecule has 1 aliphatic heterocycles. The summed E-state index contributed by atoms with van der Waals surface area (Å²) in [6, 6.07) is 0. The number of hydrogen-bond donors (Lipinski definition) is 0. The Labute approximate surface area is 77.6 Å². The van der Waals surface area contributed by atoms with Crippen LogP contribution in [0.4, 0.5) is 0 Å². The van der Waals surface area contributed by atoms with Crippen LogP contribution in [0.2, 0.25) is 0 Å². The minimum absolute atomic E-state index is 0.181. The maximum atomic E-state index is 5.16.